The highest BCUT2D eigenvalue weighted by Gasteiger charge is 2.24. The summed E-state index contributed by atoms with van der Waals surface area (Å²) in [6.45, 7) is 10.4. The Kier molecular flexibility index (Phi) is 11.1. The number of halogens is 1. The van der Waals surface area contributed by atoms with Crippen molar-refractivity contribution < 1.29 is 5.11 Å². The molecule has 0 aromatic carbocycles. The number of rotatable bonds is 8. The Morgan fingerprint density at radius 3 is 2.69 bits per heavy atom. The predicted molar refractivity (Wildman–Crippen MR) is 116 cm³/mol. The number of nitrogens with zero attached hydrogens (tertiary/aromatic N) is 4. The minimum atomic E-state index is 0. The summed E-state index contributed by atoms with van der Waals surface area (Å²) in [5, 5.41) is 19.7. The third kappa shape index (κ3) is 7.38. The fourth-order valence-corrected chi connectivity index (χ4v) is 3.55. The monoisotopic (exact) mass is 478 g/mol. The van der Waals surface area contributed by atoms with Crippen molar-refractivity contribution in [3.05, 3.63) is 12.2 Å². The molecule has 2 heterocycles. The Morgan fingerprint density at radius 2 is 2.15 bits per heavy atom. The second kappa shape index (κ2) is 12.5. The van der Waals surface area contributed by atoms with Gasteiger partial charge in [-0.2, -0.15) is 5.10 Å². The molecule has 0 radical (unpaired) electrons. The van der Waals surface area contributed by atoms with Gasteiger partial charge in [0.25, 0.3) is 0 Å². The van der Waals surface area contributed by atoms with E-state index < -0.39 is 0 Å². The normalized spacial score (nSPS) is 17.3. The molecule has 150 valence electrons. The average Bonchev–Trinajstić information content (AvgIpc) is 3.13. The van der Waals surface area contributed by atoms with Gasteiger partial charge in [0.15, 0.2) is 5.96 Å². The van der Waals surface area contributed by atoms with Gasteiger partial charge in [-0.15, -0.1) is 24.0 Å². The van der Waals surface area contributed by atoms with E-state index in [1.54, 1.807) is 6.33 Å². The van der Waals surface area contributed by atoms with Crippen LogP contribution >= 0.6 is 24.0 Å². The number of hydrogen-bond donors (Lipinski definition) is 3. The SMILES string of the molecule is CCNC(=NCC(CCO)CC(C)C)N1CCC(c2ncn[nH]2)CC1.I. The molecule has 1 aromatic rings. The Labute approximate surface area is 174 Å². The number of nitrogens with one attached hydrogen (secondary N) is 2. The molecule has 7 nitrogen and oxygen atoms in total. The van der Waals surface area contributed by atoms with Crippen molar-refractivity contribution in [1.29, 1.82) is 0 Å². The number of aliphatic hydroxyl groups is 1. The first kappa shape index (κ1) is 23.1. The smallest absolute Gasteiger partial charge is 0.193 e. The van der Waals surface area contributed by atoms with Crippen molar-refractivity contribution in [2.24, 2.45) is 16.8 Å². The van der Waals surface area contributed by atoms with E-state index in [1.165, 1.54) is 0 Å². The quantitative estimate of drug-likeness (QED) is 0.304. The van der Waals surface area contributed by atoms with Gasteiger partial charge in [0, 0.05) is 38.7 Å². The molecule has 0 aliphatic carbocycles. The summed E-state index contributed by atoms with van der Waals surface area (Å²) in [4.78, 5) is 11.5. The maximum Gasteiger partial charge on any atom is 0.193 e. The molecule has 1 aliphatic rings. The van der Waals surface area contributed by atoms with E-state index >= 15 is 0 Å². The van der Waals surface area contributed by atoms with Gasteiger partial charge in [0.1, 0.15) is 12.2 Å². The summed E-state index contributed by atoms with van der Waals surface area (Å²) in [5.41, 5.74) is 0. The van der Waals surface area contributed by atoms with Crippen LogP contribution in [0.25, 0.3) is 0 Å². The van der Waals surface area contributed by atoms with Gasteiger partial charge < -0.3 is 15.3 Å². The fourth-order valence-electron chi connectivity index (χ4n) is 3.55. The predicted octanol–water partition coefficient (Wildman–Crippen LogP) is 2.61. The highest BCUT2D eigenvalue weighted by atomic mass is 127. The van der Waals surface area contributed by atoms with Crippen LogP contribution < -0.4 is 5.32 Å². The Bertz CT molecular complexity index is 500. The molecule has 0 saturated carbocycles. The molecule has 3 N–H and O–H groups in total. The third-order valence-corrected chi connectivity index (χ3v) is 4.79. The average molecular weight is 478 g/mol. The largest absolute Gasteiger partial charge is 0.396 e. The van der Waals surface area contributed by atoms with Crippen molar-refractivity contribution in [3.63, 3.8) is 0 Å². The zero-order valence-corrected chi connectivity index (χ0v) is 18.6. The van der Waals surface area contributed by atoms with E-state index in [0.717, 1.165) is 63.6 Å². The highest BCUT2D eigenvalue weighted by molar-refractivity contribution is 14.0. The minimum absolute atomic E-state index is 0. The molecule has 0 amide bonds. The van der Waals surface area contributed by atoms with Crippen LogP contribution in [0.2, 0.25) is 0 Å². The first-order valence-corrected chi connectivity index (χ1v) is 9.63. The molecule has 0 spiro atoms. The van der Waals surface area contributed by atoms with Gasteiger partial charge >= 0.3 is 0 Å². The third-order valence-electron chi connectivity index (χ3n) is 4.79. The fraction of sp³-hybridized carbons (Fsp3) is 0.833. The summed E-state index contributed by atoms with van der Waals surface area (Å²) in [6, 6.07) is 0. The van der Waals surface area contributed by atoms with Crippen molar-refractivity contribution in [1.82, 2.24) is 25.4 Å². The lowest BCUT2D eigenvalue weighted by molar-refractivity contribution is 0.244. The molecule has 1 atom stereocenters. The first-order chi connectivity index (χ1) is 12.1. The molecule has 1 saturated heterocycles. The second-order valence-corrected chi connectivity index (χ2v) is 7.33. The summed E-state index contributed by atoms with van der Waals surface area (Å²) in [6.07, 6.45) is 5.65. The number of likely N-dealkylation sites (tertiary alicyclic amines) is 1. The minimum Gasteiger partial charge on any atom is -0.396 e. The van der Waals surface area contributed by atoms with Gasteiger partial charge in [-0.05, 0) is 44.4 Å². The first-order valence-electron chi connectivity index (χ1n) is 9.63. The Balaban J connectivity index is 0.00000338. The standard InChI is InChI=1S/C18H34N6O.HI/c1-4-19-18(20-12-15(7-10-25)11-14(2)3)24-8-5-16(6-9-24)17-21-13-22-23-17;/h13-16,25H,4-12H2,1-3H3,(H,19,20)(H,21,22,23);1H. The number of piperidine rings is 1. The molecule has 26 heavy (non-hydrogen) atoms. The van der Waals surface area contributed by atoms with Crippen LogP contribution in [0, 0.1) is 11.8 Å². The maximum absolute atomic E-state index is 9.30. The highest BCUT2D eigenvalue weighted by Crippen LogP contribution is 2.25. The molecule has 1 aliphatic heterocycles. The zero-order valence-electron chi connectivity index (χ0n) is 16.3. The topological polar surface area (TPSA) is 89.4 Å². The number of aliphatic imine (C=N–C) groups is 1. The number of hydrogen-bond acceptors (Lipinski definition) is 4. The van der Waals surface area contributed by atoms with Crippen molar-refractivity contribution in [2.45, 2.75) is 52.4 Å². The van der Waals surface area contributed by atoms with Gasteiger partial charge in [0.2, 0.25) is 0 Å². The Morgan fingerprint density at radius 1 is 1.42 bits per heavy atom. The van der Waals surface area contributed by atoms with Crippen LogP contribution in [-0.4, -0.2) is 63.9 Å². The number of H-pyrrole nitrogens is 1. The summed E-state index contributed by atoms with van der Waals surface area (Å²) < 4.78 is 0. The lowest BCUT2D eigenvalue weighted by Gasteiger charge is -2.33. The molecular weight excluding hydrogens is 443 g/mol. The molecule has 2 rings (SSSR count). The zero-order chi connectivity index (χ0) is 18.1. The van der Waals surface area contributed by atoms with Crippen molar-refractivity contribution >= 4 is 29.9 Å². The summed E-state index contributed by atoms with van der Waals surface area (Å²) in [7, 11) is 0. The van der Waals surface area contributed by atoms with E-state index in [2.05, 4.69) is 46.2 Å². The molecule has 8 heteroatoms. The number of aromatic nitrogens is 3. The van der Waals surface area contributed by atoms with Gasteiger partial charge in [-0.25, -0.2) is 4.98 Å². The lowest BCUT2D eigenvalue weighted by Crippen LogP contribution is -2.45. The molecule has 1 aromatic heterocycles. The van der Waals surface area contributed by atoms with E-state index in [0.29, 0.717) is 17.8 Å². The molecule has 1 unspecified atom stereocenters. The summed E-state index contributed by atoms with van der Waals surface area (Å²) >= 11 is 0. The van der Waals surface area contributed by atoms with Crippen LogP contribution in [0.3, 0.4) is 0 Å². The molecule has 1 fully saturated rings. The van der Waals surface area contributed by atoms with Crippen LogP contribution in [0.1, 0.15) is 58.2 Å². The van der Waals surface area contributed by atoms with Gasteiger partial charge in [-0.3, -0.25) is 10.1 Å². The number of guanidine groups is 1. The number of aromatic amines is 1. The molecule has 0 bridgehead atoms. The van der Waals surface area contributed by atoms with E-state index in [1.807, 2.05) is 0 Å². The van der Waals surface area contributed by atoms with Gasteiger partial charge in [0.05, 0.1) is 0 Å². The second-order valence-electron chi connectivity index (χ2n) is 7.33. The number of aliphatic hydroxyl groups excluding tert-OH is 1. The molecular formula is C18H35IN6O. The van der Waals surface area contributed by atoms with Crippen LogP contribution in [0.15, 0.2) is 11.3 Å². The maximum atomic E-state index is 9.30. The lowest BCUT2D eigenvalue weighted by atomic mass is 9.94. The van der Waals surface area contributed by atoms with Crippen LogP contribution in [0.4, 0.5) is 0 Å². The van der Waals surface area contributed by atoms with Gasteiger partial charge in [-0.1, -0.05) is 13.8 Å². The van der Waals surface area contributed by atoms with Crippen LogP contribution in [-0.2, 0) is 0 Å². The Hall–Kier alpha value is -0.900. The summed E-state index contributed by atoms with van der Waals surface area (Å²) in [5.74, 6) is 3.55. The van der Waals surface area contributed by atoms with Crippen molar-refractivity contribution in [3.8, 4) is 0 Å². The van der Waals surface area contributed by atoms with E-state index in [9.17, 15) is 5.11 Å². The van der Waals surface area contributed by atoms with Crippen LogP contribution in [0.5, 0.6) is 0 Å². The van der Waals surface area contributed by atoms with Crippen molar-refractivity contribution in [2.75, 3.05) is 32.8 Å². The van der Waals surface area contributed by atoms with E-state index in [4.69, 9.17) is 4.99 Å². The van der Waals surface area contributed by atoms with E-state index in [-0.39, 0.29) is 30.6 Å².